The summed E-state index contributed by atoms with van der Waals surface area (Å²) < 4.78 is 1.58. The minimum atomic E-state index is 0.243. The Morgan fingerprint density at radius 3 is 2.95 bits per heavy atom. The lowest BCUT2D eigenvalue weighted by atomic mass is 10.2. The Morgan fingerprint density at radius 2 is 2.15 bits per heavy atom. The summed E-state index contributed by atoms with van der Waals surface area (Å²) in [4.78, 5) is 8.15. The number of nitrogens with zero attached hydrogens (tertiary/aromatic N) is 4. The highest BCUT2D eigenvalue weighted by Crippen LogP contribution is 2.24. The van der Waals surface area contributed by atoms with Gasteiger partial charge in [-0.25, -0.2) is 0 Å². The van der Waals surface area contributed by atoms with Crippen LogP contribution < -0.4 is 5.32 Å². The predicted octanol–water partition coefficient (Wildman–Crippen LogP) is 2.40. The Morgan fingerprint density at radius 1 is 1.35 bits per heavy atom. The van der Waals surface area contributed by atoms with E-state index in [9.17, 15) is 5.11 Å². The van der Waals surface area contributed by atoms with Crippen molar-refractivity contribution in [3.05, 3.63) is 46.9 Å². The Kier molecular flexibility index (Phi) is 3.15. The molecule has 0 amide bonds. The zero-order chi connectivity index (χ0) is 14.1. The largest absolute Gasteiger partial charge is 0.508 e. The van der Waals surface area contributed by atoms with Crippen LogP contribution in [0.15, 0.2) is 30.6 Å². The molecule has 0 aliphatic rings. The third-order valence-electron chi connectivity index (χ3n) is 3.04. The van der Waals surface area contributed by atoms with E-state index >= 15 is 0 Å². The molecule has 0 radical (unpaired) electrons. The number of phenolic OH excluding ortho intramolecular Hbond substituents is 1. The average molecular weight is 290 g/mol. The van der Waals surface area contributed by atoms with E-state index in [1.165, 1.54) is 6.33 Å². The average Bonchev–Trinajstić information content (AvgIpc) is 2.89. The van der Waals surface area contributed by atoms with Crippen molar-refractivity contribution in [2.45, 2.75) is 13.5 Å². The molecule has 2 aromatic heterocycles. The van der Waals surface area contributed by atoms with Crippen molar-refractivity contribution in [1.29, 1.82) is 0 Å². The summed E-state index contributed by atoms with van der Waals surface area (Å²) in [6, 6.07) is 7.14. The quantitative estimate of drug-likeness (QED) is 0.724. The van der Waals surface area contributed by atoms with Gasteiger partial charge in [-0.3, -0.25) is 0 Å². The van der Waals surface area contributed by atoms with Gasteiger partial charge in [-0.05, 0) is 13.0 Å². The second kappa shape index (κ2) is 4.97. The summed E-state index contributed by atoms with van der Waals surface area (Å²) in [5.41, 5.74) is 1.56. The lowest BCUT2D eigenvalue weighted by molar-refractivity contribution is 0.469. The number of aromatic nitrogens is 4. The van der Waals surface area contributed by atoms with Gasteiger partial charge in [0.1, 0.15) is 23.0 Å². The first kappa shape index (κ1) is 12.7. The summed E-state index contributed by atoms with van der Waals surface area (Å²) in [7, 11) is 0. The fourth-order valence-electron chi connectivity index (χ4n) is 1.94. The standard InChI is InChI=1S/C13H12ClN5O/c1-8-11(14)18-13-16-7-17-19(13)12(8)15-6-9-4-2-3-5-10(9)20/h2-5,7,15,20H,6H2,1H3. The van der Waals surface area contributed by atoms with Crippen molar-refractivity contribution >= 4 is 23.2 Å². The number of hydrogen-bond acceptors (Lipinski definition) is 5. The predicted molar refractivity (Wildman–Crippen MR) is 76.0 cm³/mol. The topological polar surface area (TPSA) is 75.3 Å². The second-order valence-corrected chi connectivity index (χ2v) is 4.69. The molecule has 2 heterocycles. The Hall–Kier alpha value is -2.34. The first-order valence-corrected chi connectivity index (χ1v) is 6.41. The first-order valence-electron chi connectivity index (χ1n) is 6.03. The highest BCUT2D eigenvalue weighted by atomic mass is 35.5. The number of rotatable bonds is 3. The molecule has 0 aliphatic heterocycles. The summed E-state index contributed by atoms with van der Waals surface area (Å²) in [6.07, 6.45) is 1.42. The number of nitrogens with one attached hydrogen (secondary N) is 1. The minimum Gasteiger partial charge on any atom is -0.508 e. The van der Waals surface area contributed by atoms with E-state index < -0.39 is 0 Å². The molecule has 3 aromatic rings. The summed E-state index contributed by atoms with van der Waals surface area (Å²) >= 11 is 6.08. The third kappa shape index (κ3) is 2.14. The number of para-hydroxylation sites is 1. The van der Waals surface area contributed by atoms with Crippen LogP contribution in [-0.4, -0.2) is 24.7 Å². The van der Waals surface area contributed by atoms with Gasteiger partial charge in [-0.15, -0.1) is 0 Å². The monoisotopic (exact) mass is 289 g/mol. The highest BCUT2D eigenvalue weighted by Gasteiger charge is 2.12. The summed E-state index contributed by atoms with van der Waals surface area (Å²) in [5, 5.41) is 17.5. The maximum atomic E-state index is 9.77. The second-order valence-electron chi connectivity index (χ2n) is 4.33. The van der Waals surface area contributed by atoms with Crippen molar-refractivity contribution in [2.24, 2.45) is 0 Å². The van der Waals surface area contributed by atoms with Crippen LogP contribution in [0.1, 0.15) is 11.1 Å². The van der Waals surface area contributed by atoms with Gasteiger partial charge in [-0.2, -0.15) is 19.6 Å². The van der Waals surface area contributed by atoms with Crippen LogP contribution >= 0.6 is 11.6 Å². The zero-order valence-corrected chi connectivity index (χ0v) is 11.5. The Bertz CT molecular complexity index is 771. The van der Waals surface area contributed by atoms with Gasteiger partial charge >= 0.3 is 0 Å². The van der Waals surface area contributed by atoms with E-state index in [0.29, 0.717) is 23.3 Å². The van der Waals surface area contributed by atoms with E-state index in [-0.39, 0.29) is 5.75 Å². The van der Waals surface area contributed by atoms with Gasteiger partial charge in [0.05, 0.1) is 0 Å². The van der Waals surface area contributed by atoms with E-state index in [2.05, 4.69) is 20.4 Å². The number of halogens is 1. The van der Waals surface area contributed by atoms with Gasteiger partial charge in [0.25, 0.3) is 5.78 Å². The molecular weight excluding hydrogens is 278 g/mol. The van der Waals surface area contributed by atoms with Gasteiger partial charge in [0, 0.05) is 17.7 Å². The van der Waals surface area contributed by atoms with Crippen LogP contribution in [-0.2, 0) is 6.54 Å². The number of hydrogen-bond donors (Lipinski definition) is 2. The molecule has 3 rings (SSSR count). The van der Waals surface area contributed by atoms with Crippen LogP contribution in [0.2, 0.25) is 5.15 Å². The van der Waals surface area contributed by atoms with Crippen LogP contribution in [0, 0.1) is 6.92 Å². The zero-order valence-electron chi connectivity index (χ0n) is 10.7. The Balaban J connectivity index is 1.97. The van der Waals surface area contributed by atoms with E-state index in [1.807, 2.05) is 19.1 Å². The number of fused-ring (bicyclic) bond motifs is 1. The molecule has 0 saturated heterocycles. The van der Waals surface area contributed by atoms with Gasteiger partial charge < -0.3 is 10.4 Å². The SMILES string of the molecule is Cc1c(Cl)nc2ncnn2c1NCc1ccccc1O. The maximum absolute atomic E-state index is 9.77. The van der Waals surface area contributed by atoms with Crippen LogP contribution in [0.3, 0.4) is 0 Å². The maximum Gasteiger partial charge on any atom is 0.255 e. The minimum absolute atomic E-state index is 0.243. The Labute approximate surface area is 120 Å². The molecule has 102 valence electrons. The van der Waals surface area contributed by atoms with E-state index in [0.717, 1.165) is 11.1 Å². The number of anilines is 1. The number of aromatic hydroxyl groups is 1. The third-order valence-corrected chi connectivity index (χ3v) is 3.41. The van der Waals surface area contributed by atoms with Crippen molar-refractivity contribution in [3.63, 3.8) is 0 Å². The molecule has 2 N–H and O–H groups in total. The molecule has 20 heavy (non-hydrogen) atoms. The van der Waals surface area contributed by atoms with Crippen LogP contribution in [0.5, 0.6) is 5.75 Å². The molecule has 0 aliphatic carbocycles. The van der Waals surface area contributed by atoms with Gasteiger partial charge in [0.15, 0.2) is 0 Å². The fourth-order valence-corrected chi connectivity index (χ4v) is 2.11. The molecule has 0 atom stereocenters. The van der Waals surface area contributed by atoms with Crippen LogP contribution in [0.4, 0.5) is 5.82 Å². The fraction of sp³-hybridized carbons (Fsp3) is 0.154. The molecule has 7 heteroatoms. The van der Waals surface area contributed by atoms with Crippen molar-refractivity contribution in [1.82, 2.24) is 19.6 Å². The lowest BCUT2D eigenvalue weighted by Crippen LogP contribution is -2.09. The highest BCUT2D eigenvalue weighted by molar-refractivity contribution is 6.30. The van der Waals surface area contributed by atoms with E-state index in [1.54, 1.807) is 16.6 Å². The molecule has 0 saturated carbocycles. The van der Waals surface area contributed by atoms with Crippen molar-refractivity contribution in [2.75, 3.05) is 5.32 Å². The smallest absolute Gasteiger partial charge is 0.255 e. The van der Waals surface area contributed by atoms with E-state index in [4.69, 9.17) is 11.6 Å². The normalized spacial score (nSPS) is 10.9. The summed E-state index contributed by atoms with van der Waals surface area (Å²) in [6.45, 7) is 2.30. The number of phenols is 1. The lowest BCUT2D eigenvalue weighted by Gasteiger charge is -2.12. The van der Waals surface area contributed by atoms with Crippen molar-refractivity contribution in [3.8, 4) is 5.75 Å². The molecule has 1 aromatic carbocycles. The molecule has 0 bridgehead atoms. The molecule has 0 fully saturated rings. The number of benzene rings is 1. The first-order chi connectivity index (χ1) is 9.66. The molecular formula is C13H12ClN5O. The summed E-state index contributed by atoms with van der Waals surface area (Å²) in [5.74, 6) is 1.38. The van der Waals surface area contributed by atoms with Gasteiger partial charge in [-0.1, -0.05) is 29.8 Å². The van der Waals surface area contributed by atoms with Gasteiger partial charge in [0.2, 0.25) is 0 Å². The van der Waals surface area contributed by atoms with Crippen molar-refractivity contribution < 1.29 is 5.11 Å². The van der Waals surface area contributed by atoms with Crippen LogP contribution in [0.25, 0.3) is 5.78 Å². The molecule has 6 nitrogen and oxygen atoms in total. The molecule has 0 unspecified atom stereocenters. The molecule has 0 spiro atoms.